The van der Waals surface area contributed by atoms with Crippen molar-refractivity contribution in [3.8, 4) is 5.69 Å². The number of anilines is 2. The van der Waals surface area contributed by atoms with E-state index >= 15 is 0 Å². The van der Waals surface area contributed by atoms with E-state index < -0.39 is 81.4 Å². The number of ether oxygens (including phenoxy) is 2. The Hall–Kier alpha value is -2.98. The molecule has 21 nitrogen and oxygen atoms in total. The van der Waals surface area contributed by atoms with E-state index in [1.807, 2.05) is 0 Å². The van der Waals surface area contributed by atoms with Crippen LogP contribution in [0, 0.1) is 5.69 Å². The van der Waals surface area contributed by atoms with E-state index in [0.717, 1.165) is 0 Å². The van der Waals surface area contributed by atoms with Crippen LogP contribution in [0.1, 0.15) is 12.5 Å². The summed E-state index contributed by atoms with van der Waals surface area (Å²) in [6.07, 6.45) is -7.41. The summed E-state index contributed by atoms with van der Waals surface area (Å²) in [5.41, 5.74) is 17.0. The number of aromatic amines is 1. The number of imidazole rings is 2. The summed E-state index contributed by atoms with van der Waals surface area (Å²) in [4.78, 5) is 46.1. The number of aliphatic hydroxyl groups is 2. The second-order valence-electron chi connectivity index (χ2n) is 10.2. The van der Waals surface area contributed by atoms with E-state index in [1.54, 1.807) is 0 Å². The highest BCUT2D eigenvalue weighted by atomic mass is 32.7. The number of fused-ring (bicyclic) bond motifs is 5. The number of nitrogens with one attached hydrogen (secondary N) is 1. The molecule has 4 aromatic heterocycles. The number of nitrogens with zero attached hydrogens (tertiary/aromatic N) is 7. The summed E-state index contributed by atoms with van der Waals surface area (Å²) in [5, 5.41) is 22.5. The Balaban J connectivity index is 1.23. The molecule has 7 heterocycles. The summed E-state index contributed by atoms with van der Waals surface area (Å²) in [7, 11) is 0.218. The molecule has 246 valence electrons. The Morgan fingerprint density at radius 3 is 2.41 bits per heavy atom. The van der Waals surface area contributed by atoms with Crippen LogP contribution < -0.4 is 17.0 Å². The van der Waals surface area contributed by atoms with Crippen molar-refractivity contribution >= 4 is 70.2 Å². The number of aromatic nitrogens is 8. The molecule has 8 N–H and O–H groups in total. The first-order valence-electron chi connectivity index (χ1n) is 13.2. The second-order valence-corrected chi connectivity index (χ2v) is 16.6. The molecule has 3 fully saturated rings. The SMILES string of the molecule is C#S[P@]1(=O)OC[C@H]2O[C@@H](n3cnc4c(N)ncnc43)[C@H](O)[C@@H]2OP(O)(=S)OC[C@H]2O[C@@H](n3cnc4c(=O)[nH]c(N)nc43)[C@H](O1)[C@@H]2O. The first-order valence-corrected chi connectivity index (χ1v) is 18.8. The van der Waals surface area contributed by atoms with E-state index in [0.29, 0.717) is 0 Å². The summed E-state index contributed by atoms with van der Waals surface area (Å²) in [6.45, 7) is -9.73. The topological polar surface area (TPSA) is 292 Å². The maximum absolute atomic E-state index is 13.9. The maximum Gasteiger partial charge on any atom is 0.418 e. The summed E-state index contributed by atoms with van der Waals surface area (Å²) < 4.78 is 51.2. The van der Waals surface area contributed by atoms with Gasteiger partial charge in [0.05, 0.1) is 25.9 Å². The molecule has 0 aliphatic carbocycles. The highest BCUT2D eigenvalue weighted by Gasteiger charge is 2.53. The van der Waals surface area contributed by atoms with E-state index in [1.165, 1.54) is 28.1 Å². The van der Waals surface area contributed by atoms with Gasteiger partial charge in [0.1, 0.15) is 48.5 Å². The second kappa shape index (κ2) is 11.6. The van der Waals surface area contributed by atoms with Crippen molar-refractivity contribution in [3.63, 3.8) is 0 Å². The molecule has 4 aromatic rings. The minimum Gasteiger partial charge on any atom is -0.387 e. The third kappa shape index (κ3) is 5.43. The Labute approximate surface area is 264 Å². The van der Waals surface area contributed by atoms with E-state index in [2.05, 4.69) is 29.9 Å². The molecule has 0 saturated carbocycles. The first kappa shape index (κ1) is 31.6. The van der Waals surface area contributed by atoms with Gasteiger partial charge in [0.15, 0.2) is 35.1 Å². The first-order chi connectivity index (χ1) is 21.9. The standard InChI is InChI=1S/C21H24N10O11P2S2/c1-46-44(36)38-3-8-13(12(33)19(40-8)30-5-26-9-15(22)24-4-25-16(9)30)41-43(35,45)37-2-7-11(32)14(42-44)20(39-7)31-6-27-10-17(31)28-21(23)29-18(10)34/h1,4-8,11-14,19-20,32-33H,2-3H2,(H,35,45)(H2,22,24,25)(H3,23,28,29,34)/t7-,8-,11-,12-,13-,14-,19-,20-,43?,44-/m1/s1. The quantitative estimate of drug-likeness (QED) is 0.137. The van der Waals surface area contributed by atoms with Crippen LogP contribution in [0.5, 0.6) is 0 Å². The highest BCUT2D eigenvalue weighted by molar-refractivity contribution is 8.48. The van der Waals surface area contributed by atoms with Crippen LogP contribution in [-0.4, -0.2) is 104 Å². The highest BCUT2D eigenvalue weighted by Crippen LogP contribution is 2.59. The third-order valence-electron chi connectivity index (χ3n) is 7.44. The molecular weight excluding hydrogens is 694 g/mol. The predicted molar refractivity (Wildman–Crippen MR) is 160 cm³/mol. The van der Waals surface area contributed by atoms with Gasteiger partial charge in [-0.2, -0.15) is 4.98 Å². The fraction of sp³-hybridized carbons (Fsp3) is 0.476. The fourth-order valence-electron chi connectivity index (χ4n) is 5.34. The van der Waals surface area contributed by atoms with E-state index in [9.17, 15) is 24.5 Å². The summed E-state index contributed by atoms with van der Waals surface area (Å²) in [6, 6.07) is 0. The van der Waals surface area contributed by atoms with Crippen LogP contribution in [0.25, 0.3) is 22.3 Å². The molecule has 3 aliphatic rings. The van der Waals surface area contributed by atoms with Crippen LogP contribution >= 0.6 is 24.3 Å². The van der Waals surface area contributed by atoms with Gasteiger partial charge in [-0.15, -0.1) is 0 Å². The zero-order valence-electron chi connectivity index (χ0n) is 22.9. The molecule has 10 atom stereocenters. The van der Waals surface area contributed by atoms with Crippen LogP contribution in [-0.2, 0) is 43.9 Å². The molecule has 7 rings (SSSR count). The Morgan fingerprint density at radius 1 is 0.957 bits per heavy atom. The van der Waals surface area contributed by atoms with Gasteiger partial charge in [0.25, 0.3) is 5.56 Å². The number of aliphatic hydroxyl groups excluding tert-OH is 2. The monoisotopic (exact) mass is 718 g/mol. The van der Waals surface area contributed by atoms with Crippen molar-refractivity contribution in [2.24, 2.45) is 0 Å². The van der Waals surface area contributed by atoms with Gasteiger partial charge in [0, 0.05) is 0 Å². The zero-order valence-corrected chi connectivity index (χ0v) is 26.4. The molecule has 0 amide bonds. The van der Waals surface area contributed by atoms with Crippen LogP contribution in [0.15, 0.2) is 23.8 Å². The van der Waals surface area contributed by atoms with Gasteiger partial charge < -0.3 is 40.6 Å². The third-order valence-corrected chi connectivity index (χ3v) is 11.6. The lowest BCUT2D eigenvalue weighted by molar-refractivity contribution is -0.0588. The average molecular weight is 719 g/mol. The fourth-order valence-corrected chi connectivity index (χ4v) is 8.63. The lowest BCUT2D eigenvalue weighted by Gasteiger charge is -2.27. The maximum atomic E-state index is 13.9. The van der Waals surface area contributed by atoms with Crippen molar-refractivity contribution in [3.05, 3.63) is 29.3 Å². The largest absolute Gasteiger partial charge is 0.418 e. The number of nitrogens with two attached hydrogens (primary N) is 2. The van der Waals surface area contributed by atoms with Gasteiger partial charge in [-0.1, -0.05) is 5.69 Å². The molecule has 3 saturated heterocycles. The van der Waals surface area contributed by atoms with Crippen molar-refractivity contribution in [2.75, 3.05) is 24.7 Å². The van der Waals surface area contributed by atoms with Gasteiger partial charge >= 0.3 is 13.5 Å². The Morgan fingerprint density at radius 2 is 1.65 bits per heavy atom. The lowest BCUT2D eigenvalue weighted by atomic mass is 10.1. The molecule has 3 aliphatic heterocycles. The minimum absolute atomic E-state index is 0.0391. The molecular formula is C21H24N10O11P2S2. The van der Waals surface area contributed by atoms with Crippen molar-refractivity contribution in [1.82, 2.24) is 39.0 Å². The Kier molecular flexibility index (Phi) is 7.98. The van der Waals surface area contributed by atoms with Gasteiger partial charge in [-0.05, 0) is 22.6 Å². The summed E-state index contributed by atoms with van der Waals surface area (Å²) in [5.74, 6) is -0.143. The van der Waals surface area contributed by atoms with Crippen molar-refractivity contribution in [1.29, 1.82) is 0 Å². The lowest BCUT2D eigenvalue weighted by Crippen LogP contribution is -2.36. The minimum atomic E-state index is -4.37. The molecule has 0 radical (unpaired) electrons. The zero-order chi connectivity index (χ0) is 32.5. The smallest absolute Gasteiger partial charge is 0.387 e. The molecule has 0 aromatic carbocycles. The van der Waals surface area contributed by atoms with Crippen molar-refractivity contribution in [2.45, 2.75) is 49.1 Å². The molecule has 46 heavy (non-hydrogen) atoms. The number of rotatable bonds is 2. The number of hydrogen-bond donors (Lipinski definition) is 6. The van der Waals surface area contributed by atoms with Gasteiger partial charge in [-0.3, -0.25) is 32.5 Å². The number of H-pyrrole nitrogens is 1. The average Bonchev–Trinajstić information content (AvgIpc) is 3.77. The number of hydrogen-bond acceptors (Lipinski definition) is 18. The molecule has 25 heteroatoms. The van der Waals surface area contributed by atoms with Crippen LogP contribution in [0.2, 0.25) is 0 Å². The molecule has 1 unspecified atom stereocenters. The van der Waals surface area contributed by atoms with Crippen LogP contribution in [0.3, 0.4) is 0 Å². The predicted octanol–water partition coefficient (Wildman–Crippen LogP) is -0.895. The summed E-state index contributed by atoms with van der Waals surface area (Å²) >= 11 is 5.22. The van der Waals surface area contributed by atoms with E-state index in [4.69, 9.17) is 56.5 Å². The van der Waals surface area contributed by atoms with Crippen molar-refractivity contribution < 1.29 is 47.2 Å². The van der Waals surface area contributed by atoms with Crippen LogP contribution in [0.4, 0.5) is 11.8 Å². The van der Waals surface area contributed by atoms with Gasteiger partial charge in [0.2, 0.25) is 5.95 Å². The normalized spacial score (nSPS) is 37.0. The van der Waals surface area contributed by atoms with E-state index in [-0.39, 0.29) is 44.9 Å². The van der Waals surface area contributed by atoms with Gasteiger partial charge in [-0.25, -0.2) is 24.5 Å². The Bertz CT molecular complexity index is 2040. The molecule has 0 spiro atoms. The number of nitrogen functional groups attached to an aromatic ring is 2. The molecule has 2 bridgehead atoms.